The largest absolute Gasteiger partial charge is 0.341 e. The van der Waals surface area contributed by atoms with Gasteiger partial charge in [-0.3, -0.25) is 18.7 Å². The molecule has 0 radical (unpaired) electrons. The summed E-state index contributed by atoms with van der Waals surface area (Å²) in [4.78, 5) is 46.3. The molecule has 0 saturated carbocycles. The molecule has 4 N–H and O–H groups in total. The number of allylic oxidation sites excluding steroid dienone is 2. The average Bonchev–Trinajstić information content (AvgIpc) is 3.23. The summed E-state index contributed by atoms with van der Waals surface area (Å²) in [6.07, 6.45) is 3.72. The number of anilines is 1. The lowest BCUT2D eigenvalue weighted by Crippen LogP contribution is -2.44. The Balaban J connectivity index is 1.86. The van der Waals surface area contributed by atoms with Gasteiger partial charge in [0.15, 0.2) is 16.9 Å². The number of nitrogens with zero attached hydrogens (tertiary/aromatic N) is 5. The first-order valence-electron chi connectivity index (χ1n) is 11.9. The second-order valence-electron chi connectivity index (χ2n) is 9.55. The lowest BCUT2D eigenvalue weighted by molar-refractivity contribution is 0.0968. The lowest BCUT2D eigenvalue weighted by atomic mass is 10.1. The fraction of sp³-hybridized carbons (Fsp3) is 0.417. The average molecular weight is 530 g/mol. The molecule has 1 aromatic carbocycles. The number of aryl methyl sites for hydroxylation is 1. The molecule has 1 aliphatic heterocycles. The minimum absolute atomic E-state index is 0.0154. The molecule has 13 heteroatoms. The number of benzene rings is 1. The molecule has 3 heterocycles. The van der Waals surface area contributed by atoms with E-state index in [1.807, 2.05) is 24.8 Å². The summed E-state index contributed by atoms with van der Waals surface area (Å²) >= 11 is 0. The fourth-order valence-corrected chi connectivity index (χ4v) is 5.02. The van der Waals surface area contributed by atoms with Gasteiger partial charge in [0.25, 0.3) is 5.56 Å². The zero-order chi connectivity index (χ0) is 27.1. The number of primary sulfonamides is 1. The first-order valence-corrected chi connectivity index (χ1v) is 13.4. The van der Waals surface area contributed by atoms with Crippen molar-refractivity contribution in [3.05, 3.63) is 62.3 Å². The normalized spacial score (nSPS) is 16.2. The molecular weight excluding hydrogens is 498 g/mol. The van der Waals surface area contributed by atoms with Gasteiger partial charge in [-0.25, -0.2) is 18.4 Å². The smallest absolute Gasteiger partial charge is 0.332 e. The van der Waals surface area contributed by atoms with Gasteiger partial charge in [-0.15, -0.1) is 0 Å². The first kappa shape index (κ1) is 26.5. The summed E-state index contributed by atoms with van der Waals surface area (Å²) < 4.78 is 27.2. The second kappa shape index (κ2) is 10.1. The van der Waals surface area contributed by atoms with Crippen molar-refractivity contribution in [3.8, 4) is 0 Å². The van der Waals surface area contributed by atoms with Crippen LogP contribution in [0.2, 0.25) is 0 Å². The van der Waals surface area contributed by atoms with Gasteiger partial charge in [0.1, 0.15) is 0 Å². The fourth-order valence-electron chi connectivity index (χ4n) is 4.46. The van der Waals surface area contributed by atoms with Crippen LogP contribution in [0.3, 0.4) is 0 Å². The van der Waals surface area contributed by atoms with E-state index in [0.29, 0.717) is 25.6 Å². The van der Waals surface area contributed by atoms with Gasteiger partial charge in [0, 0.05) is 38.3 Å². The number of aromatic nitrogens is 4. The highest BCUT2D eigenvalue weighted by atomic mass is 32.2. The Kier molecular flexibility index (Phi) is 7.22. The van der Waals surface area contributed by atoms with E-state index in [1.165, 1.54) is 29.8 Å². The summed E-state index contributed by atoms with van der Waals surface area (Å²) in [5.74, 6) is -0.0682. The van der Waals surface area contributed by atoms with E-state index in [2.05, 4.69) is 4.98 Å². The second-order valence-corrected chi connectivity index (χ2v) is 11.1. The number of carbonyl (C=O) groups excluding carboxylic acids is 1. The molecular formula is C24H31N7O5S. The third kappa shape index (κ3) is 5.29. The SMILES string of the molecule is CC(C)=CCn1c(N2CCCC(N)C2)nc2c1c(=O)n(CC(=O)c1cccc(S(N)(=O)=O)c1)c(=O)n2C. The summed E-state index contributed by atoms with van der Waals surface area (Å²) in [7, 11) is -2.54. The highest BCUT2D eigenvalue weighted by molar-refractivity contribution is 7.89. The number of piperidine rings is 1. The molecule has 4 rings (SSSR count). The highest BCUT2D eigenvalue weighted by Crippen LogP contribution is 2.23. The van der Waals surface area contributed by atoms with Crippen molar-refractivity contribution >= 4 is 32.9 Å². The number of nitrogens with two attached hydrogens (primary N) is 2. The molecule has 1 aliphatic rings. The van der Waals surface area contributed by atoms with E-state index >= 15 is 0 Å². The number of fused-ring (bicyclic) bond motifs is 1. The van der Waals surface area contributed by atoms with E-state index in [-0.39, 0.29) is 27.7 Å². The molecule has 1 atom stereocenters. The maximum Gasteiger partial charge on any atom is 0.332 e. The molecule has 3 aromatic rings. The molecule has 0 amide bonds. The number of hydrogen-bond donors (Lipinski definition) is 2. The van der Waals surface area contributed by atoms with Crippen molar-refractivity contribution in [1.82, 2.24) is 18.7 Å². The number of sulfonamides is 1. The molecule has 1 fully saturated rings. The summed E-state index contributed by atoms with van der Waals surface area (Å²) in [5.41, 5.74) is 6.29. The van der Waals surface area contributed by atoms with Gasteiger partial charge in [-0.05, 0) is 38.8 Å². The van der Waals surface area contributed by atoms with Gasteiger partial charge in [-0.1, -0.05) is 23.8 Å². The molecule has 12 nitrogen and oxygen atoms in total. The lowest BCUT2D eigenvalue weighted by Gasteiger charge is -2.31. The molecule has 1 unspecified atom stereocenters. The van der Waals surface area contributed by atoms with Crippen LogP contribution in [-0.4, -0.2) is 52.0 Å². The zero-order valence-electron chi connectivity index (χ0n) is 21.0. The van der Waals surface area contributed by atoms with Crippen molar-refractivity contribution in [2.45, 2.75) is 50.7 Å². The number of imidazole rings is 1. The monoisotopic (exact) mass is 529 g/mol. The topological polar surface area (TPSA) is 168 Å². The number of Topliss-reactive ketones (excluding diaryl/α,β-unsaturated/α-hetero) is 1. The molecule has 0 bridgehead atoms. The van der Waals surface area contributed by atoms with E-state index < -0.39 is 33.6 Å². The molecule has 0 spiro atoms. The van der Waals surface area contributed by atoms with Crippen LogP contribution in [0.25, 0.3) is 11.2 Å². The molecule has 2 aromatic heterocycles. The van der Waals surface area contributed by atoms with Crippen LogP contribution in [-0.2, 0) is 30.2 Å². The van der Waals surface area contributed by atoms with Crippen molar-refractivity contribution < 1.29 is 13.2 Å². The Morgan fingerprint density at radius 3 is 2.59 bits per heavy atom. The van der Waals surface area contributed by atoms with E-state index in [9.17, 15) is 22.8 Å². The molecule has 198 valence electrons. The van der Waals surface area contributed by atoms with Crippen LogP contribution in [0.1, 0.15) is 37.0 Å². The minimum atomic E-state index is -4.03. The van der Waals surface area contributed by atoms with Crippen LogP contribution < -0.4 is 27.0 Å². The summed E-state index contributed by atoms with van der Waals surface area (Å²) in [5, 5.41) is 5.17. The Morgan fingerprint density at radius 1 is 1.22 bits per heavy atom. The van der Waals surface area contributed by atoms with Gasteiger partial charge in [-0.2, -0.15) is 4.98 Å². The number of rotatable bonds is 7. The Bertz CT molecular complexity index is 1630. The van der Waals surface area contributed by atoms with Crippen LogP contribution >= 0.6 is 0 Å². The zero-order valence-corrected chi connectivity index (χ0v) is 21.9. The Labute approximate surface area is 213 Å². The Morgan fingerprint density at radius 2 is 1.95 bits per heavy atom. The predicted molar refractivity (Wildman–Crippen MR) is 140 cm³/mol. The van der Waals surface area contributed by atoms with E-state index in [1.54, 1.807) is 4.57 Å². The maximum absolute atomic E-state index is 13.7. The highest BCUT2D eigenvalue weighted by Gasteiger charge is 2.26. The van der Waals surface area contributed by atoms with Gasteiger partial charge in [0.2, 0.25) is 16.0 Å². The molecule has 37 heavy (non-hydrogen) atoms. The molecule has 0 aliphatic carbocycles. The van der Waals surface area contributed by atoms with Crippen LogP contribution in [0.15, 0.2) is 50.4 Å². The van der Waals surface area contributed by atoms with Gasteiger partial charge in [0.05, 0.1) is 11.4 Å². The first-order chi connectivity index (χ1) is 17.4. The quantitative estimate of drug-likeness (QED) is 0.326. The number of carbonyl (C=O) groups is 1. The van der Waals surface area contributed by atoms with E-state index in [4.69, 9.17) is 10.9 Å². The maximum atomic E-state index is 13.7. The van der Waals surface area contributed by atoms with Crippen LogP contribution in [0, 0.1) is 0 Å². The van der Waals surface area contributed by atoms with Crippen molar-refractivity contribution in [1.29, 1.82) is 0 Å². The number of ketones is 1. The van der Waals surface area contributed by atoms with Crippen molar-refractivity contribution in [3.63, 3.8) is 0 Å². The van der Waals surface area contributed by atoms with Gasteiger partial charge >= 0.3 is 5.69 Å². The minimum Gasteiger partial charge on any atom is -0.341 e. The number of hydrogen-bond acceptors (Lipinski definition) is 8. The van der Waals surface area contributed by atoms with Crippen LogP contribution in [0.5, 0.6) is 0 Å². The third-order valence-corrected chi connectivity index (χ3v) is 7.33. The van der Waals surface area contributed by atoms with Crippen molar-refractivity contribution in [2.24, 2.45) is 17.9 Å². The Hall–Kier alpha value is -3.55. The van der Waals surface area contributed by atoms with Gasteiger partial charge < -0.3 is 15.2 Å². The summed E-state index contributed by atoms with van der Waals surface area (Å²) in [6, 6.07) is 5.14. The molecule has 1 saturated heterocycles. The predicted octanol–water partition coefficient (Wildman–Crippen LogP) is 0.321. The van der Waals surface area contributed by atoms with E-state index in [0.717, 1.165) is 29.0 Å². The standard InChI is InChI=1S/C24H31N7O5S/c1-15(2)9-11-30-20-21(27-23(30)29-10-5-7-17(25)13-29)28(3)24(34)31(22(20)33)14-19(32)16-6-4-8-18(12-16)37(26,35)36/h4,6,8-9,12,17H,5,7,10-11,13-14,25H2,1-3H3,(H2,26,35,36). The summed E-state index contributed by atoms with van der Waals surface area (Å²) in [6.45, 7) is 4.94. The van der Waals surface area contributed by atoms with Crippen molar-refractivity contribution in [2.75, 3.05) is 18.0 Å². The third-order valence-electron chi connectivity index (χ3n) is 6.42. The van der Waals surface area contributed by atoms with Crippen LogP contribution in [0.4, 0.5) is 5.95 Å².